The van der Waals surface area contributed by atoms with Gasteiger partial charge >= 0.3 is 5.97 Å². The van der Waals surface area contributed by atoms with E-state index in [1.165, 1.54) is 4.90 Å². The summed E-state index contributed by atoms with van der Waals surface area (Å²) in [5.74, 6) is 1.65. The quantitative estimate of drug-likeness (QED) is 0.284. The Morgan fingerprint density at radius 1 is 0.972 bits per heavy atom. The van der Waals surface area contributed by atoms with Crippen molar-refractivity contribution in [3.05, 3.63) is 102 Å². The minimum absolute atomic E-state index is 0.0989. The van der Waals surface area contributed by atoms with E-state index < -0.39 is 5.97 Å². The van der Waals surface area contributed by atoms with Crippen molar-refractivity contribution in [2.75, 3.05) is 13.2 Å². The number of nitrogens with zero attached hydrogens (tertiary/aromatic N) is 2. The molecule has 0 saturated carbocycles. The van der Waals surface area contributed by atoms with Crippen LogP contribution in [0.25, 0.3) is 11.5 Å². The third-order valence-electron chi connectivity index (χ3n) is 5.35. The van der Waals surface area contributed by atoms with Crippen molar-refractivity contribution in [2.45, 2.75) is 19.9 Å². The number of thiocarbonyl (C=S) groups is 1. The van der Waals surface area contributed by atoms with Crippen molar-refractivity contribution in [1.29, 1.82) is 0 Å². The summed E-state index contributed by atoms with van der Waals surface area (Å²) >= 11 is 5.35. The van der Waals surface area contributed by atoms with Crippen LogP contribution < -0.4 is 9.47 Å². The maximum atomic E-state index is 11.4. The summed E-state index contributed by atoms with van der Waals surface area (Å²) in [5.41, 5.74) is 2.68. The number of para-hydroxylation sites is 1. The van der Waals surface area contributed by atoms with Gasteiger partial charge in [0.2, 0.25) is 5.89 Å². The van der Waals surface area contributed by atoms with E-state index in [2.05, 4.69) is 4.98 Å². The summed E-state index contributed by atoms with van der Waals surface area (Å²) in [6, 6.07) is 26.3. The van der Waals surface area contributed by atoms with E-state index in [4.69, 9.17) is 26.1 Å². The molecule has 36 heavy (non-hydrogen) atoms. The number of carboxylic acid groups (broad SMARTS) is 1. The van der Waals surface area contributed by atoms with Crippen LogP contribution in [0.3, 0.4) is 0 Å². The highest BCUT2D eigenvalue weighted by Gasteiger charge is 2.16. The van der Waals surface area contributed by atoms with Crippen LogP contribution in [0.5, 0.6) is 11.5 Å². The molecular formula is C28H26N2O5S. The summed E-state index contributed by atoms with van der Waals surface area (Å²) in [6.07, 6.45) is 0.613. The zero-order valence-electron chi connectivity index (χ0n) is 19.8. The van der Waals surface area contributed by atoms with Crippen LogP contribution in [0, 0.1) is 6.92 Å². The molecule has 184 valence electrons. The number of rotatable bonds is 10. The minimum Gasteiger partial charge on any atom is -0.493 e. The minimum atomic E-state index is -0.993. The highest BCUT2D eigenvalue weighted by molar-refractivity contribution is 7.80. The largest absolute Gasteiger partial charge is 0.493 e. The van der Waals surface area contributed by atoms with Crippen LogP contribution in [0.2, 0.25) is 0 Å². The van der Waals surface area contributed by atoms with Gasteiger partial charge in [-0.15, -0.1) is 0 Å². The zero-order chi connectivity index (χ0) is 25.3. The molecule has 0 amide bonds. The Morgan fingerprint density at radius 2 is 1.64 bits per heavy atom. The molecule has 0 bridgehead atoms. The van der Waals surface area contributed by atoms with Crippen LogP contribution >= 0.6 is 12.2 Å². The third kappa shape index (κ3) is 6.93. The van der Waals surface area contributed by atoms with Gasteiger partial charge in [-0.05, 0) is 61.1 Å². The van der Waals surface area contributed by atoms with Gasteiger partial charge in [-0.25, -0.2) is 4.98 Å². The summed E-state index contributed by atoms with van der Waals surface area (Å²) < 4.78 is 17.4. The van der Waals surface area contributed by atoms with E-state index in [-0.39, 0.29) is 11.7 Å². The first-order chi connectivity index (χ1) is 17.5. The summed E-state index contributed by atoms with van der Waals surface area (Å²) in [6.45, 7) is 2.37. The second-order valence-corrected chi connectivity index (χ2v) is 8.41. The maximum Gasteiger partial charge on any atom is 0.323 e. The van der Waals surface area contributed by atoms with Gasteiger partial charge in [0.1, 0.15) is 23.8 Å². The highest BCUT2D eigenvalue weighted by Crippen LogP contribution is 2.22. The number of hydrogen-bond acceptors (Lipinski definition) is 6. The zero-order valence-corrected chi connectivity index (χ0v) is 20.6. The van der Waals surface area contributed by atoms with Crippen LogP contribution in [-0.2, 0) is 17.8 Å². The number of aromatic nitrogens is 1. The molecule has 0 fully saturated rings. The lowest BCUT2D eigenvalue weighted by Crippen LogP contribution is -2.37. The number of ether oxygens (including phenoxy) is 2. The molecule has 0 radical (unpaired) electrons. The second-order valence-electron chi connectivity index (χ2n) is 8.06. The molecule has 0 atom stereocenters. The first kappa shape index (κ1) is 24.9. The van der Waals surface area contributed by atoms with E-state index >= 15 is 0 Å². The maximum absolute atomic E-state index is 11.4. The molecule has 0 saturated heterocycles. The standard InChI is InChI=1S/C28H26N2O5S/c1-20-25(29-27(34-20)22-8-4-2-5-9-22)16-17-33-23-14-12-21(13-15-23)18-30(19-26(31)32)28(36)35-24-10-6-3-7-11-24/h2-15H,16-19H2,1H3,(H,31,32). The van der Waals surface area contributed by atoms with Crippen molar-refractivity contribution in [3.63, 3.8) is 0 Å². The van der Waals surface area contributed by atoms with Gasteiger partial charge in [0, 0.05) is 18.5 Å². The molecule has 8 heteroatoms. The molecule has 3 aromatic carbocycles. The number of aryl methyl sites for hydroxylation is 1. The normalized spacial score (nSPS) is 10.6. The van der Waals surface area contributed by atoms with Gasteiger partial charge < -0.3 is 23.9 Å². The van der Waals surface area contributed by atoms with E-state index in [1.807, 2.05) is 79.7 Å². The first-order valence-electron chi connectivity index (χ1n) is 11.4. The predicted octanol–water partition coefficient (Wildman–Crippen LogP) is 5.52. The van der Waals surface area contributed by atoms with E-state index in [0.717, 1.165) is 22.6 Å². The van der Waals surface area contributed by atoms with Crippen LogP contribution in [0.4, 0.5) is 0 Å². The number of carbonyl (C=O) groups is 1. The third-order valence-corrected chi connectivity index (χ3v) is 5.69. The molecule has 4 rings (SSSR count). The van der Waals surface area contributed by atoms with Gasteiger partial charge in [-0.3, -0.25) is 4.79 Å². The molecule has 7 nitrogen and oxygen atoms in total. The number of hydrogen-bond donors (Lipinski definition) is 1. The Hall–Kier alpha value is -4.17. The van der Waals surface area contributed by atoms with E-state index in [0.29, 0.717) is 37.0 Å². The molecule has 1 aromatic heterocycles. The number of carboxylic acids is 1. The topological polar surface area (TPSA) is 85.0 Å². The van der Waals surface area contributed by atoms with Gasteiger partial charge in [0.05, 0.1) is 12.3 Å². The molecular weight excluding hydrogens is 476 g/mol. The molecule has 0 unspecified atom stereocenters. The Bertz CT molecular complexity index is 1290. The van der Waals surface area contributed by atoms with Gasteiger partial charge in [0.25, 0.3) is 5.17 Å². The van der Waals surface area contributed by atoms with Crippen LogP contribution in [0.15, 0.2) is 89.3 Å². The smallest absolute Gasteiger partial charge is 0.323 e. The van der Waals surface area contributed by atoms with Crippen LogP contribution in [0.1, 0.15) is 17.0 Å². The lowest BCUT2D eigenvalue weighted by molar-refractivity contribution is -0.137. The predicted molar refractivity (Wildman–Crippen MR) is 140 cm³/mol. The van der Waals surface area contributed by atoms with Gasteiger partial charge in [-0.1, -0.05) is 48.5 Å². The fourth-order valence-corrected chi connectivity index (χ4v) is 3.77. The molecule has 1 N–H and O–H groups in total. The van der Waals surface area contributed by atoms with Crippen molar-refractivity contribution in [3.8, 4) is 23.0 Å². The molecule has 0 aliphatic rings. The Labute approximate surface area is 214 Å². The molecule has 4 aromatic rings. The van der Waals surface area contributed by atoms with Crippen LogP contribution in [-0.4, -0.2) is 39.3 Å². The number of benzene rings is 3. The fourth-order valence-electron chi connectivity index (χ4n) is 3.54. The summed E-state index contributed by atoms with van der Waals surface area (Å²) in [5, 5.41) is 9.41. The Morgan fingerprint density at radius 3 is 2.31 bits per heavy atom. The second kappa shape index (κ2) is 12.0. The number of aliphatic carboxylic acids is 1. The lowest BCUT2D eigenvalue weighted by Gasteiger charge is -2.23. The van der Waals surface area contributed by atoms with Crippen molar-refractivity contribution >= 4 is 23.4 Å². The first-order valence-corrected chi connectivity index (χ1v) is 11.9. The monoisotopic (exact) mass is 502 g/mol. The van der Waals surface area contributed by atoms with E-state index in [1.54, 1.807) is 12.1 Å². The average Bonchev–Trinajstić information content (AvgIpc) is 3.26. The van der Waals surface area contributed by atoms with Gasteiger partial charge in [0.15, 0.2) is 0 Å². The summed E-state index contributed by atoms with van der Waals surface area (Å²) in [7, 11) is 0. The Balaban J connectivity index is 1.32. The van der Waals surface area contributed by atoms with Crippen molar-refractivity contribution < 1.29 is 23.8 Å². The number of oxazole rings is 1. The Kier molecular flexibility index (Phi) is 8.31. The fraction of sp³-hybridized carbons (Fsp3) is 0.179. The van der Waals surface area contributed by atoms with E-state index in [9.17, 15) is 9.90 Å². The summed E-state index contributed by atoms with van der Waals surface area (Å²) in [4.78, 5) is 17.5. The van der Waals surface area contributed by atoms with Gasteiger partial charge in [-0.2, -0.15) is 0 Å². The molecule has 1 heterocycles. The lowest BCUT2D eigenvalue weighted by atomic mass is 10.2. The average molecular weight is 503 g/mol. The SMILES string of the molecule is Cc1oc(-c2ccccc2)nc1CCOc1ccc(CN(CC(=O)O)C(=S)Oc2ccccc2)cc1. The van der Waals surface area contributed by atoms with Crippen molar-refractivity contribution in [1.82, 2.24) is 9.88 Å². The molecule has 0 aliphatic carbocycles. The molecule has 0 spiro atoms. The van der Waals surface area contributed by atoms with Crippen molar-refractivity contribution in [2.24, 2.45) is 0 Å². The highest BCUT2D eigenvalue weighted by atomic mass is 32.1. The molecule has 0 aliphatic heterocycles.